The van der Waals surface area contributed by atoms with E-state index in [2.05, 4.69) is 20.5 Å². The molecule has 6 heteroatoms. The van der Waals surface area contributed by atoms with Gasteiger partial charge in [0.25, 0.3) is 0 Å². The fourth-order valence-corrected chi connectivity index (χ4v) is 2.92. The van der Waals surface area contributed by atoms with Crippen molar-refractivity contribution in [2.45, 2.75) is 32.6 Å². The normalized spacial score (nSPS) is 18.0. The van der Waals surface area contributed by atoms with Crippen molar-refractivity contribution >= 4 is 11.5 Å². The summed E-state index contributed by atoms with van der Waals surface area (Å²) in [5, 5.41) is 11.7. The van der Waals surface area contributed by atoms with Gasteiger partial charge in [0, 0.05) is 18.9 Å². The molecule has 0 aliphatic heterocycles. The van der Waals surface area contributed by atoms with Crippen LogP contribution in [0.2, 0.25) is 0 Å². The summed E-state index contributed by atoms with van der Waals surface area (Å²) in [6, 6.07) is 0. The van der Waals surface area contributed by atoms with Gasteiger partial charge in [0.05, 0.1) is 0 Å². The molecule has 1 aliphatic rings. The summed E-state index contributed by atoms with van der Waals surface area (Å²) in [7, 11) is 0. The molecule has 0 amide bonds. The maximum Gasteiger partial charge on any atom is 0.203 e. The Bertz CT molecular complexity index is 570. The molecular weight excluding hydrogens is 240 g/mol. The lowest BCUT2D eigenvalue weighted by Crippen LogP contribution is -2.34. The predicted octanol–water partition coefficient (Wildman–Crippen LogP) is 1.36. The molecule has 0 aromatic carbocycles. The van der Waals surface area contributed by atoms with Gasteiger partial charge in [0.1, 0.15) is 5.82 Å². The van der Waals surface area contributed by atoms with Crippen LogP contribution in [-0.4, -0.2) is 32.7 Å². The fraction of sp³-hybridized carbons (Fsp3) is 0.615. The summed E-state index contributed by atoms with van der Waals surface area (Å²) in [6.45, 7) is 3.53. The summed E-state index contributed by atoms with van der Waals surface area (Å²) < 4.78 is 1.94. The second kappa shape index (κ2) is 4.77. The number of nitrogens with zero attached hydrogens (tertiary/aromatic N) is 4. The van der Waals surface area contributed by atoms with Crippen LogP contribution in [0.25, 0.3) is 5.65 Å². The molecule has 1 fully saturated rings. The number of aryl methyl sites for hydroxylation is 1. The Morgan fingerprint density at radius 1 is 1.37 bits per heavy atom. The molecule has 0 saturated heterocycles. The van der Waals surface area contributed by atoms with E-state index in [9.17, 15) is 0 Å². The van der Waals surface area contributed by atoms with E-state index in [0.717, 1.165) is 30.4 Å². The number of nitrogens with one attached hydrogen (secondary N) is 1. The molecule has 6 nitrogen and oxygen atoms in total. The molecule has 0 radical (unpaired) electrons. The zero-order valence-electron chi connectivity index (χ0n) is 11.3. The highest BCUT2D eigenvalue weighted by Crippen LogP contribution is 2.37. The number of hydrogen-bond acceptors (Lipinski definition) is 5. The third kappa shape index (κ3) is 2.16. The van der Waals surface area contributed by atoms with Crippen molar-refractivity contribution in [1.82, 2.24) is 19.6 Å². The maximum absolute atomic E-state index is 5.96. The Balaban J connectivity index is 1.82. The highest BCUT2D eigenvalue weighted by molar-refractivity contribution is 5.62. The van der Waals surface area contributed by atoms with Gasteiger partial charge < -0.3 is 11.1 Å². The molecule has 19 heavy (non-hydrogen) atoms. The van der Waals surface area contributed by atoms with Crippen molar-refractivity contribution in [3.63, 3.8) is 0 Å². The first-order chi connectivity index (χ1) is 9.24. The highest BCUT2D eigenvalue weighted by atomic mass is 15.3. The number of anilines is 1. The smallest absolute Gasteiger partial charge is 0.203 e. The van der Waals surface area contributed by atoms with Crippen LogP contribution >= 0.6 is 0 Å². The lowest BCUT2D eigenvalue weighted by atomic mass is 9.86. The second-order valence-electron chi connectivity index (χ2n) is 5.48. The van der Waals surface area contributed by atoms with E-state index in [1.165, 1.54) is 25.7 Å². The van der Waals surface area contributed by atoms with Crippen molar-refractivity contribution in [1.29, 1.82) is 0 Å². The van der Waals surface area contributed by atoms with Crippen molar-refractivity contribution in [3.8, 4) is 0 Å². The van der Waals surface area contributed by atoms with Gasteiger partial charge in [-0.25, -0.2) is 4.98 Å². The van der Waals surface area contributed by atoms with Crippen LogP contribution in [-0.2, 0) is 0 Å². The minimum absolute atomic E-state index is 0.226. The predicted molar refractivity (Wildman–Crippen MR) is 74.0 cm³/mol. The standard InChI is InChI=1S/C13H20N6/c1-10-17-18-12-11(15-6-7-19(10)12)16-9-13(8-14)4-2-3-5-13/h6-7H,2-5,8-9,14H2,1H3,(H,15,16). The van der Waals surface area contributed by atoms with E-state index in [4.69, 9.17) is 5.73 Å². The van der Waals surface area contributed by atoms with Crippen LogP contribution in [0.3, 0.4) is 0 Å². The first kappa shape index (κ1) is 12.3. The molecule has 2 heterocycles. The minimum Gasteiger partial charge on any atom is -0.366 e. The van der Waals surface area contributed by atoms with Crippen LogP contribution in [0.5, 0.6) is 0 Å². The fourth-order valence-electron chi connectivity index (χ4n) is 2.92. The molecule has 3 N–H and O–H groups in total. The largest absolute Gasteiger partial charge is 0.366 e. The van der Waals surface area contributed by atoms with Gasteiger partial charge in [-0.1, -0.05) is 12.8 Å². The number of fused-ring (bicyclic) bond motifs is 1. The summed E-state index contributed by atoms with van der Waals surface area (Å²) in [6.07, 6.45) is 8.61. The highest BCUT2D eigenvalue weighted by Gasteiger charge is 2.32. The van der Waals surface area contributed by atoms with Gasteiger partial charge >= 0.3 is 0 Å². The summed E-state index contributed by atoms with van der Waals surface area (Å²) >= 11 is 0. The Hall–Kier alpha value is -1.69. The lowest BCUT2D eigenvalue weighted by molar-refractivity contribution is 0.332. The maximum atomic E-state index is 5.96. The Morgan fingerprint density at radius 2 is 2.16 bits per heavy atom. The first-order valence-electron chi connectivity index (χ1n) is 6.84. The van der Waals surface area contributed by atoms with Crippen LogP contribution < -0.4 is 11.1 Å². The van der Waals surface area contributed by atoms with E-state index in [-0.39, 0.29) is 5.41 Å². The van der Waals surface area contributed by atoms with Gasteiger partial charge in [-0.05, 0) is 31.7 Å². The first-order valence-corrected chi connectivity index (χ1v) is 6.84. The van der Waals surface area contributed by atoms with Gasteiger partial charge in [-0.15, -0.1) is 10.2 Å². The molecule has 3 rings (SSSR count). The molecule has 2 aromatic rings. The topological polar surface area (TPSA) is 81.1 Å². The average molecular weight is 260 g/mol. The van der Waals surface area contributed by atoms with Gasteiger partial charge in [-0.3, -0.25) is 4.40 Å². The SMILES string of the molecule is Cc1nnc2c(NCC3(CN)CCCC3)nccn12. The summed E-state index contributed by atoms with van der Waals surface area (Å²) in [4.78, 5) is 4.37. The van der Waals surface area contributed by atoms with Gasteiger partial charge in [0.2, 0.25) is 5.65 Å². The van der Waals surface area contributed by atoms with Crippen LogP contribution in [0.1, 0.15) is 31.5 Å². The quantitative estimate of drug-likeness (QED) is 0.867. The number of aromatic nitrogens is 4. The minimum atomic E-state index is 0.226. The third-order valence-electron chi connectivity index (χ3n) is 4.23. The van der Waals surface area contributed by atoms with E-state index < -0.39 is 0 Å². The molecule has 0 atom stereocenters. The van der Waals surface area contributed by atoms with Gasteiger partial charge in [0.15, 0.2) is 5.82 Å². The van der Waals surface area contributed by atoms with Crippen LogP contribution in [0, 0.1) is 12.3 Å². The molecule has 0 spiro atoms. The molecule has 1 aliphatic carbocycles. The van der Waals surface area contributed by atoms with E-state index >= 15 is 0 Å². The second-order valence-corrected chi connectivity index (χ2v) is 5.48. The zero-order chi connectivity index (χ0) is 13.3. The number of hydrogen-bond donors (Lipinski definition) is 2. The molecule has 1 saturated carbocycles. The van der Waals surface area contributed by atoms with Gasteiger partial charge in [-0.2, -0.15) is 0 Å². The van der Waals surface area contributed by atoms with E-state index in [1.807, 2.05) is 17.5 Å². The third-order valence-corrected chi connectivity index (χ3v) is 4.23. The zero-order valence-corrected chi connectivity index (χ0v) is 11.3. The van der Waals surface area contributed by atoms with Crippen molar-refractivity contribution < 1.29 is 0 Å². The summed E-state index contributed by atoms with van der Waals surface area (Å²) in [5.41, 5.74) is 6.96. The Morgan fingerprint density at radius 3 is 2.89 bits per heavy atom. The number of nitrogens with two attached hydrogens (primary N) is 1. The van der Waals surface area contributed by atoms with Crippen molar-refractivity contribution in [2.75, 3.05) is 18.4 Å². The molecular formula is C13H20N6. The molecule has 0 unspecified atom stereocenters. The average Bonchev–Trinajstić information content (AvgIpc) is 3.05. The molecule has 102 valence electrons. The van der Waals surface area contributed by atoms with Crippen molar-refractivity contribution in [3.05, 3.63) is 18.2 Å². The molecule has 2 aromatic heterocycles. The Labute approximate surface area is 112 Å². The van der Waals surface area contributed by atoms with Crippen molar-refractivity contribution in [2.24, 2.45) is 11.1 Å². The summed E-state index contributed by atoms with van der Waals surface area (Å²) in [5.74, 6) is 1.66. The number of rotatable bonds is 4. The molecule has 0 bridgehead atoms. The van der Waals surface area contributed by atoms with Crippen LogP contribution in [0.15, 0.2) is 12.4 Å². The van der Waals surface area contributed by atoms with E-state index in [1.54, 1.807) is 6.20 Å². The van der Waals surface area contributed by atoms with Crippen LogP contribution in [0.4, 0.5) is 5.82 Å². The van der Waals surface area contributed by atoms with E-state index in [0.29, 0.717) is 0 Å². The lowest BCUT2D eigenvalue weighted by Gasteiger charge is -2.27. The Kier molecular flexibility index (Phi) is 3.10. The monoisotopic (exact) mass is 260 g/mol.